The quantitative estimate of drug-likeness (QED) is 0.809. The van der Waals surface area contributed by atoms with E-state index in [2.05, 4.69) is 29.1 Å². The van der Waals surface area contributed by atoms with Crippen LogP contribution in [0, 0.1) is 11.8 Å². The average Bonchev–Trinajstić information content (AvgIpc) is 3.18. The fourth-order valence-corrected chi connectivity index (χ4v) is 3.06. The number of hydrogen-bond donors (Lipinski definition) is 3. The number of hydrogen-bond acceptors (Lipinski definition) is 3. The number of para-hydroxylation sites is 2. The summed E-state index contributed by atoms with van der Waals surface area (Å²) in [7, 11) is 0. The molecule has 1 fully saturated rings. The Kier molecular flexibility index (Phi) is 4.52. The van der Waals surface area contributed by atoms with Gasteiger partial charge in [0, 0.05) is 25.6 Å². The van der Waals surface area contributed by atoms with Crippen LogP contribution in [-0.2, 0) is 0 Å². The molecule has 2 unspecified atom stereocenters. The summed E-state index contributed by atoms with van der Waals surface area (Å²) < 4.78 is 0. The van der Waals surface area contributed by atoms with Crippen LogP contribution < -0.4 is 5.32 Å². The summed E-state index contributed by atoms with van der Waals surface area (Å²) in [4.78, 5) is 22.2. The van der Waals surface area contributed by atoms with Gasteiger partial charge in [0.15, 0.2) is 0 Å². The standard InChI is InChI=1S/C17H24N4O2/c1-11(2)15(16-18-13-5-3-4-6-14(13)19-16)20-17(23)21-8-7-12(9-21)10-22/h3-6,11-12,15,22H,7-10H2,1-2H3,(H,18,19)(H,20,23). The molecular formula is C17H24N4O2. The van der Waals surface area contributed by atoms with E-state index < -0.39 is 0 Å². The van der Waals surface area contributed by atoms with E-state index in [1.165, 1.54) is 0 Å². The van der Waals surface area contributed by atoms with Crippen LogP contribution in [0.4, 0.5) is 4.79 Å². The molecule has 124 valence electrons. The zero-order chi connectivity index (χ0) is 16.4. The number of aromatic nitrogens is 2. The zero-order valence-electron chi connectivity index (χ0n) is 13.6. The third-order valence-corrected chi connectivity index (χ3v) is 4.48. The molecule has 6 heteroatoms. The molecular weight excluding hydrogens is 292 g/mol. The fraction of sp³-hybridized carbons (Fsp3) is 0.529. The third kappa shape index (κ3) is 3.32. The van der Waals surface area contributed by atoms with Gasteiger partial charge >= 0.3 is 6.03 Å². The van der Waals surface area contributed by atoms with Gasteiger partial charge in [-0.2, -0.15) is 0 Å². The predicted octanol–water partition coefficient (Wildman–Crippen LogP) is 2.28. The molecule has 1 aliphatic rings. The molecule has 2 heterocycles. The number of fused-ring (bicyclic) bond motifs is 1. The minimum absolute atomic E-state index is 0.0832. The number of urea groups is 1. The lowest BCUT2D eigenvalue weighted by molar-refractivity contribution is 0.191. The number of H-pyrrole nitrogens is 1. The molecule has 2 amide bonds. The number of imidazole rings is 1. The van der Waals surface area contributed by atoms with E-state index in [1.54, 1.807) is 4.90 Å². The van der Waals surface area contributed by atoms with Crippen LogP contribution in [0.3, 0.4) is 0 Å². The van der Waals surface area contributed by atoms with E-state index in [4.69, 9.17) is 0 Å². The predicted molar refractivity (Wildman–Crippen MR) is 89.0 cm³/mol. The highest BCUT2D eigenvalue weighted by atomic mass is 16.3. The SMILES string of the molecule is CC(C)C(NC(=O)N1CCC(CO)C1)c1nc2ccccc2[nH]1. The van der Waals surface area contributed by atoms with Crippen molar-refractivity contribution in [2.24, 2.45) is 11.8 Å². The lowest BCUT2D eigenvalue weighted by Gasteiger charge is -2.24. The lowest BCUT2D eigenvalue weighted by Crippen LogP contribution is -2.42. The smallest absolute Gasteiger partial charge is 0.318 e. The maximum Gasteiger partial charge on any atom is 0.318 e. The van der Waals surface area contributed by atoms with Gasteiger partial charge in [-0.1, -0.05) is 26.0 Å². The molecule has 1 saturated heterocycles. The topological polar surface area (TPSA) is 81.2 Å². The molecule has 0 saturated carbocycles. The van der Waals surface area contributed by atoms with Crippen molar-refractivity contribution in [3.05, 3.63) is 30.1 Å². The molecule has 23 heavy (non-hydrogen) atoms. The number of amides is 2. The number of rotatable bonds is 4. The molecule has 0 bridgehead atoms. The first-order valence-corrected chi connectivity index (χ1v) is 8.19. The first-order chi connectivity index (χ1) is 11.1. The Bertz CT molecular complexity index is 649. The summed E-state index contributed by atoms with van der Waals surface area (Å²) in [5.74, 6) is 1.20. The monoisotopic (exact) mass is 316 g/mol. The second kappa shape index (κ2) is 6.58. The van der Waals surface area contributed by atoms with Crippen LogP contribution in [-0.4, -0.2) is 45.7 Å². The molecule has 2 atom stereocenters. The van der Waals surface area contributed by atoms with Crippen molar-refractivity contribution in [1.29, 1.82) is 0 Å². The van der Waals surface area contributed by atoms with Gasteiger partial charge in [-0.25, -0.2) is 9.78 Å². The van der Waals surface area contributed by atoms with Gasteiger partial charge < -0.3 is 20.3 Å². The zero-order valence-corrected chi connectivity index (χ0v) is 13.6. The molecule has 0 aliphatic carbocycles. The molecule has 1 aliphatic heterocycles. The maximum absolute atomic E-state index is 12.5. The number of carbonyl (C=O) groups is 1. The van der Waals surface area contributed by atoms with Gasteiger partial charge in [0.2, 0.25) is 0 Å². The second-order valence-corrected chi connectivity index (χ2v) is 6.59. The summed E-state index contributed by atoms with van der Waals surface area (Å²) >= 11 is 0. The summed E-state index contributed by atoms with van der Waals surface area (Å²) in [6.45, 7) is 5.59. The highest BCUT2D eigenvalue weighted by Crippen LogP contribution is 2.23. The molecule has 6 nitrogen and oxygen atoms in total. The van der Waals surface area contributed by atoms with E-state index in [9.17, 15) is 9.90 Å². The number of aliphatic hydroxyl groups excluding tert-OH is 1. The van der Waals surface area contributed by atoms with E-state index in [0.29, 0.717) is 13.1 Å². The summed E-state index contributed by atoms with van der Waals surface area (Å²) in [5.41, 5.74) is 1.88. The van der Waals surface area contributed by atoms with Crippen LogP contribution in [0.1, 0.15) is 32.1 Å². The Labute approximate surface area is 135 Å². The van der Waals surface area contributed by atoms with Crippen molar-refractivity contribution in [2.75, 3.05) is 19.7 Å². The Morgan fingerprint density at radius 2 is 2.26 bits per heavy atom. The third-order valence-electron chi connectivity index (χ3n) is 4.48. The van der Waals surface area contributed by atoms with E-state index >= 15 is 0 Å². The van der Waals surface area contributed by atoms with Gasteiger partial charge in [0.25, 0.3) is 0 Å². The lowest BCUT2D eigenvalue weighted by atomic mass is 10.0. The number of aliphatic hydroxyl groups is 1. The van der Waals surface area contributed by atoms with Crippen molar-refractivity contribution in [3.8, 4) is 0 Å². The van der Waals surface area contributed by atoms with Crippen LogP contribution in [0.2, 0.25) is 0 Å². The van der Waals surface area contributed by atoms with Crippen LogP contribution >= 0.6 is 0 Å². The minimum Gasteiger partial charge on any atom is -0.396 e. The van der Waals surface area contributed by atoms with Crippen LogP contribution in [0.15, 0.2) is 24.3 Å². The van der Waals surface area contributed by atoms with E-state index in [0.717, 1.165) is 23.3 Å². The maximum atomic E-state index is 12.5. The first-order valence-electron chi connectivity index (χ1n) is 8.19. The Morgan fingerprint density at radius 1 is 1.48 bits per heavy atom. The number of nitrogens with one attached hydrogen (secondary N) is 2. The van der Waals surface area contributed by atoms with Crippen molar-refractivity contribution in [1.82, 2.24) is 20.2 Å². The average molecular weight is 316 g/mol. The van der Waals surface area contributed by atoms with E-state index in [1.807, 2.05) is 24.3 Å². The molecule has 3 N–H and O–H groups in total. The number of benzene rings is 1. The molecule has 1 aromatic carbocycles. The fourth-order valence-electron chi connectivity index (χ4n) is 3.06. The van der Waals surface area contributed by atoms with E-state index in [-0.39, 0.29) is 30.5 Å². The van der Waals surface area contributed by atoms with Crippen molar-refractivity contribution in [3.63, 3.8) is 0 Å². The van der Waals surface area contributed by atoms with Gasteiger partial charge in [-0.3, -0.25) is 0 Å². The summed E-state index contributed by atoms with van der Waals surface area (Å²) in [5, 5.41) is 12.3. The highest BCUT2D eigenvalue weighted by molar-refractivity contribution is 5.76. The number of carbonyl (C=O) groups excluding carboxylic acids is 1. The van der Waals surface area contributed by atoms with Crippen molar-refractivity contribution >= 4 is 17.1 Å². The van der Waals surface area contributed by atoms with Crippen LogP contribution in [0.25, 0.3) is 11.0 Å². The summed E-state index contributed by atoms with van der Waals surface area (Å²) in [6.07, 6.45) is 0.862. The molecule has 2 aromatic rings. The second-order valence-electron chi connectivity index (χ2n) is 6.59. The van der Waals surface area contributed by atoms with Gasteiger partial charge in [0.1, 0.15) is 5.82 Å². The Hall–Kier alpha value is -2.08. The number of nitrogens with zero attached hydrogens (tertiary/aromatic N) is 2. The minimum atomic E-state index is -0.164. The number of likely N-dealkylation sites (tertiary alicyclic amines) is 1. The molecule has 0 spiro atoms. The largest absolute Gasteiger partial charge is 0.396 e. The van der Waals surface area contributed by atoms with Crippen molar-refractivity contribution < 1.29 is 9.90 Å². The molecule has 3 rings (SSSR count). The van der Waals surface area contributed by atoms with Crippen molar-refractivity contribution in [2.45, 2.75) is 26.3 Å². The van der Waals surface area contributed by atoms with Gasteiger partial charge in [-0.05, 0) is 24.5 Å². The number of aromatic amines is 1. The Morgan fingerprint density at radius 3 is 2.91 bits per heavy atom. The summed E-state index contributed by atoms with van der Waals surface area (Å²) in [6, 6.07) is 7.61. The molecule has 1 aromatic heterocycles. The van der Waals surface area contributed by atoms with Crippen LogP contribution in [0.5, 0.6) is 0 Å². The first kappa shape index (κ1) is 15.8. The highest BCUT2D eigenvalue weighted by Gasteiger charge is 2.29. The Balaban J connectivity index is 1.75. The van der Waals surface area contributed by atoms with Gasteiger partial charge in [-0.15, -0.1) is 0 Å². The molecule has 0 radical (unpaired) electrons. The van der Waals surface area contributed by atoms with Gasteiger partial charge in [0.05, 0.1) is 17.1 Å². The normalized spacial score (nSPS) is 19.5.